The highest BCUT2D eigenvalue weighted by molar-refractivity contribution is 14.0. The Balaban J connectivity index is 0.00000289. The maximum absolute atomic E-state index is 12.3. The molecule has 1 aromatic carbocycles. The maximum Gasteiger partial charge on any atom is 0.265 e. The molecule has 2 aliphatic heterocycles. The maximum atomic E-state index is 12.3. The average Bonchev–Trinajstić information content (AvgIpc) is 3.23. The van der Waals surface area contributed by atoms with Crippen molar-refractivity contribution in [3.63, 3.8) is 0 Å². The number of aromatic nitrogens is 2. The van der Waals surface area contributed by atoms with Gasteiger partial charge in [0.1, 0.15) is 5.75 Å². The van der Waals surface area contributed by atoms with Crippen LogP contribution in [0.3, 0.4) is 0 Å². The molecule has 2 N–H and O–H groups in total. The molecule has 4 rings (SSSR count). The molecule has 0 spiro atoms. The fourth-order valence-electron chi connectivity index (χ4n) is 4.13. The van der Waals surface area contributed by atoms with E-state index in [0.717, 1.165) is 62.0 Å². The highest BCUT2D eigenvalue weighted by Crippen LogP contribution is 2.31. The van der Waals surface area contributed by atoms with Gasteiger partial charge in [-0.3, -0.25) is 14.5 Å². The second kappa shape index (κ2) is 11.4. The number of halogens is 1. The third kappa shape index (κ3) is 5.84. The smallest absolute Gasteiger partial charge is 0.265 e. The topological polar surface area (TPSA) is 87.0 Å². The molecule has 1 unspecified atom stereocenters. The van der Waals surface area contributed by atoms with Crippen molar-refractivity contribution in [2.45, 2.75) is 25.3 Å². The molecule has 1 amide bonds. The third-order valence-corrected chi connectivity index (χ3v) is 5.70. The van der Waals surface area contributed by atoms with Gasteiger partial charge in [-0.2, -0.15) is 5.10 Å². The number of carbonyl (C=O) groups excluding carboxylic acids is 1. The molecule has 32 heavy (non-hydrogen) atoms. The minimum atomic E-state index is -0.00101. The standard InChI is InChI=1S/C22H31N7O2.HI/c1-23-22(26-17-7-5-11-28(14-17)18-13-25-27(2)15-18)24-10-6-12-29-19-8-3-4-9-20(19)31-16-21(29)30;/h3-4,8-9,13,15,17H,5-7,10-12,14,16H2,1-2H3,(H2,23,24,26);1H. The van der Waals surface area contributed by atoms with Gasteiger partial charge in [0.25, 0.3) is 5.91 Å². The normalized spacial score (nSPS) is 18.5. The van der Waals surface area contributed by atoms with E-state index in [9.17, 15) is 4.79 Å². The molecule has 1 atom stereocenters. The number of hydrogen-bond acceptors (Lipinski definition) is 5. The molecule has 1 fully saturated rings. The second-order valence-electron chi connectivity index (χ2n) is 7.96. The van der Waals surface area contributed by atoms with Crippen LogP contribution in [0.15, 0.2) is 41.7 Å². The molecule has 1 saturated heterocycles. The van der Waals surface area contributed by atoms with Crippen LogP contribution in [0.2, 0.25) is 0 Å². The zero-order valence-electron chi connectivity index (χ0n) is 18.7. The summed E-state index contributed by atoms with van der Waals surface area (Å²) in [5, 5.41) is 11.2. The predicted molar refractivity (Wildman–Crippen MR) is 137 cm³/mol. The number of aryl methyl sites for hydroxylation is 1. The van der Waals surface area contributed by atoms with Crippen LogP contribution in [0.25, 0.3) is 0 Å². The summed E-state index contributed by atoms with van der Waals surface area (Å²) in [7, 11) is 3.73. The molecule has 1 aromatic heterocycles. The van der Waals surface area contributed by atoms with E-state index < -0.39 is 0 Å². The van der Waals surface area contributed by atoms with Crippen molar-refractivity contribution in [2.75, 3.05) is 49.6 Å². The average molecular weight is 553 g/mol. The molecule has 2 aliphatic rings. The lowest BCUT2D eigenvalue weighted by Crippen LogP contribution is -2.51. The quantitative estimate of drug-likeness (QED) is 0.247. The number of piperidine rings is 1. The van der Waals surface area contributed by atoms with Gasteiger partial charge in [0.15, 0.2) is 12.6 Å². The van der Waals surface area contributed by atoms with E-state index in [4.69, 9.17) is 4.74 Å². The molecule has 0 radical (unpaired) electrons. The SMILES string of the molecule is CN=C(NCCCN1C(=O)COc2ccccc21)NC1CCCN(c2cnn(C)c2)C1.I. The van der Waals surface area contributed by atoms with E-state index >= 15 is 0 Å². The number of amides is 1. The number of rotatable bonds is 6. The molecule has 2 aromatic rings. The summed E-state index contributed by atoms with van der Waals surface area (Å²) in [6, 6.07) is 8.00. The van der Waals surface area contributed by atoms with Crippen molar-refractivity contribution < 1.29 is 9.53 Å². The van der Waals surface area contributed by atoms with E-state index in [1.165, 1.54) is 0 Å². The summed E-state index contributed by atoms with van der Waals surface area (Å²) >= 11 is 0. The Labute approximate surface area is 206 Å². The molecule has 0 bridgehead atoms. The van der Waals surface area contributed by atoms with Crippen LogP contribution in [-0.2, 0) is 11.8 Å². The molecule has 0 aliphatic carbocycles. The zero-order valence-corrected chi connectivity index (χ0v) is 21.0. The number of guanidine groups is 1. The third-order valence-electron chi connectivity index (χ3n) is 5.70. The highest BCUT2D eigenvalue weighted by Gasteiger charge is 2.25. The Morgan fingerprint density at radius 2 is 2.19 bits per heavy atom. The fourth-order valence-corrected chi connectivity index (χ4v) is 4.13. The van der Waals surface area contributed by atoms with Crippen LogP contribution in [0.1, 0.15) is 19.3 Å². The highest BCUT2D eigenvalue weighted by atomic mass is 127. The summed E-state index contributed by atoms with van der Waals surface area (Å²) in [5.74, 6) is 1.56. The van der Waals surface area contributed by atoms with Gasteiger partial charge in [0, 0.05) is 52.5 Å². The first-order valence-electron chi connectivity index (χ1n) is 10.9. The van der Waals surface area contributed by atoms with E-state index in [1.807, 2.05) is 47.1 Å². The number of anilines is 2. The minimum Gasteiger partial charge on any atom is -0.482 e. The lowest BCUT2D eigenvalue weighted by Gasteiger charge is -2.34. The summed E-state index contributed by atoms with van der Waals surface area (Å²) in [4.78, 5) is 20.8. The van der Waals surface area contributed by atoms with Crippen molar-refractivity contribution in [1.82, 2.24) is 20.4 Å². The summed E-state index contributed by atoms with van der Waals surface area (Å²) < 4.78 is 7.35. The Hall–Kier alpha value is -2.50. The number of fused-ring (bicyclic) bond motifs is 1. The molecular weight excluding hydrogens is 521 g/mol. The van der Waals surface area contributed by atoms with Gasteiger partial charge < -0.3 is 25.2 Å². The molecule has 3 heterocycles. The van der Waals surface area contributed by atoms with E-state index in [1.54, 1.807) is 7.05 Å². The van der Waals surface area contributed by atoms with E-state index in [2.05, 4.69) is 31.8 Å². The van der Waals surface area contributed by atoms with E-state index in [-0.39, 0.29) is 36.5 Å². The molecule has 10 heteroatoms. The molecule has 174 valence electrons. The first kappa shape index (κ1) is 24.1. The number of aliphatic imine (C=N–C) groups is 1. The number of nitrogens with one attached hydrogen (secondary N) is 2. The Morgan fingerprint density at radius 1 is 1.34 bits per heavy atom. The molecular formula is C22H32IN7O2. The van der Waals surface area contributed by atoms with Crippen molar-refractivity contribution in [3.05, 3.63) is 36.7 Å². The van der Waals surface area contributed by atoms with Crippen LogP contribution in [0.4, 0.5) is 11.4 Å². The Morgan fingerprint density at radius 3 is 2.97 bits per heavy atom. The van der Waals surface area contributed by atoms with Crippen LogP contribution in [0.5, 0.6) is 5.75 Å². The number of ether oxygens (including phenoxy) is 1. The Bertz CT molecular complexity index is 933. The lowest BCUT2D eigenvalue weighted by atomic mass is 10.1. The predicted octanol–water partition coefficient (Wildman–Crippen LogP) is 1.99. The lowest BCUT2D eigenvalue weighted by molar-refractivity contribution is -0.121. The first-order chi connectivity index (χ1) is 15.1. The van der Waals surface area contributed by atoms with Gasteiger partial charge in [-0.15, -0.1) is 24.0 Å². The molecule has 0 saturated carbocycles. The van der Waals surface area contributed by atoms with Crippen molar-refractivity contribution in [1.29, 1.82) is 0 Å². The number of benzene rings is 1. The number of nitrogens with zero attached hydrogens (tertiary/aromatic N) is 5. The van der Waals surface area contributed by atoms with Gasteiger partial charge in [-0.05, 0) is 31.4 Å². The van der Waals surface area contributed by atoms with Crippen molar-refractivity contribution in [2.24, 2.45) is 12.0 Å². The monoisotopic (exact) mass is 553 g/mol. The van der Waals surface area contributed by atoms with Gasteiger partial charge in [0.2, 0.25) is 0 Å². The first-order valence-corrected chi connectivity index (χ1v) is 10.9. The number of para-hydroxylation sites is 2. The Kier molecular flexibility index (Phi) is 8.60. The number of carbonyl (C=O) groups is 1. The van der Waals surface area contributed by atoms with Crippen molar-refractivity contribution >= 4 is 47.2 Å². The summed E-state index contributed by atoms with van der Waals surface area (Å²) in [6.07, 6.45) is 7.02. The second-order valence-corrected chi connectivity index (χ2v) is 7.96. The van der Waals surface area contributed by atoms with Crippen LogP contribution in [0, 0.1) is 0 Å². The van der Waals surface area contributed by atoms with Crippen LogP contribution >= 0.6 is 24.0 Å². The van der Waals surface area contributed by atoms with Crippen LogP contribution < -0.4 is 25.2 Å². The fraction of sp³-hybridized carbons (Fsp3) is 0.500. The van der Waals surface area contributed by atoms with Crippen LogP contribution in [-0.4, -0.2) is 67.5 Å². The van der Waals surface area contributed by atoms with Gasteiger partial charge in [-0.25, -0.2) is 0 Å². The van der Waals surface area contributed by atoms with Crippen molar-refractivity contribution in [3.8, 4) is 5.75 Å². The number of hydrogen-bond donors (Lipinski definition) is 2. The zero-order chi connectivity index (χ0) is 21.6. The summed E-state index contributed by atoms with van der Waals surface area (Å²) in [5.41, 5.74) is 2.01. The largest absolute Gasteiger partial charge is 0.482 e. The van der Waals surface area contributed by atoms with Gasteiger partial charge in [-0.1, -0.05) is 12.1 Å². The molecule has 9 nitrogen and oxygen atoms in total. The van der Waals surface area contributed by atoms with Gasteiger partial charge >= 0.3 is 0 Å². The van der Waals surface area contributed by atoms with Gasteiger partial charge in [0.05, 0.1) is 17.6 Å². The van der Waals surface area contributed by atoms with E-state index in [0.29, 0.717) is 12.6 Å². The summed E-state index contributed by atoms with van der Waals surface area (Å²) in [6.45, 7) is 3.44. The minimum absolute atomic E-state index is 0.